The zero-order valence-electron chi connectivity index (χ0n) is 20.7. The molecule has 0 spiro atoms. The van der Waals surface area contributed by atoms with Gasteiger partial charge in [0.25, 0.3) is 10.0 Å². The van der Waals surface area contributed by atoms with E-state index >= 15 is 0 Å². The fourth-order valence-electron chi connectivity index (χ4n) is 4.68. The molecule has 0 N–H and O–H groups in total. The summed E-state index contributed by atoms with van der Waals surface area (Å²) in [6.07, 6.45) is 0.370. The minimum Gasteiger partial charge on any atom is -0.861 e. The summed E-state index contributed by atoms with van der Waals surface area (Å²) in [6, 6.07) is 34.9. The topological polar surface area (TPSA) is 83.7 Å². The van der Waals surface area contributed by atoms with Crippen molar-refractivity contribution in [3.63, 3.8) is 0 Å². The zero-order chi connectivity index (χ0) is 26.8. The van der Waals surface area contributed by atoms with E-state index in [0.29, 0.717) is 12.2 Å². The Kier molecular flexibility index (Phi) is 6.64. The van der Waals surface area contributed by atoms with E-state index in [0.717, 1.165) is 49.8 Å². The largest absolute Gasteiger partial charge is 0.861 e. The number of para-hydroxylation sites is 2. The van der Waals surface area contributed by atoms with Gasteiger partial charge in [0.15, 0.2) is 5.75 Å². The van der Waals surface area contributed by atoms with Crippen LogP contribution in [0.1, 0.15) is 12.0 Å². The van der Waals surface area contributed by atoms with Gasteiger partial charge in [-0.05, 0) is 71.1 Å². The van der Waals surface area contributed by atoms with Crippen LogP contribution >= 0.6 is 11.3 Å². The van der Waals surface area contributed by atoms with E-state index < -0.39 is 15.9 Å². The molecule has 2 aromatic heterocycles. The van der Waals surface area contributed by atoms with Crippen molar-refractivity contribution in [2.24, 2.45) is 4.40 Å². The number of hydrogen-bond donors (Lipinski definition) is 0. The lowest BCUT2D eigenvalue weighted by Crippen LogP contribution is -2.20. The van der Waals surface area contributed by atoms with Crippen molar-refractivity contribution in [3.05, 3.63) is 120 Å². The monoisotopic (exact) mass is 551 g/mol. The maximum absolute atomic E-state index is 12.4. The number of rotatable bonds is 8. The summed E-state index contributed by atoms with van der Waals surface area (Å²) in [4.78, 5) is 6.33. The maximum Gasteiger partial charge on any atom is 0.290 e. The SMILES string of the molecule is O=S(=O)(/N=C(/[O-])CCc1ccccc1-c1ccc(On2c3ccccc3c3ccccc32)cc1)c1cccs1. The van der Waals surface area contributed by atoms with Gasteiger partial charge in [0.2, 0.25) is 0 Å². The van der Waals surface area contributed by atoms with Gasteiger partial charge in [-0.1, -0.05) is 78.9 Å². The first kappa shape index (κ1) is 24.9. The van der Waals surface area contributed by atoms with E-state index in [1.165, 1.54) is 6.07 Å². The van der Waals surface area contributed by atoms with Crippen molar-refractivity contribution >= 4 is 49.1 Å². The van der Waals surface area contributed by atoms with E-state index in [4.69, 9.17) is 4.84 Å². The Labute approximate surface area is 230 Å². The summed E-state index contributed by atoms with van der Waals surface area (Å²) in [5.41, 5.74) is 4.85. The maximum atomic E-state index is 12.4. The molecule has 6 rings (SSSR count). The molecule has 0 atom stereocenters. The van der Waals surface area contributed by atoms with Crippen LogP contribution in [0.25, 0.3) is 32.9 Å². The number of benzene rings is 4. The van der Waals surface area contributed by atoms with Crippen LogP contribution in [0.3, 0.4) is 0 Å². The third kappa shape index (κ3) is 5.04. The van der Waals surface area contributed by atoms with Gasteiger partial charge in [-0.2, -0.15) is 17.5 Å². The average Bonchev–Trinajstić information content (AvgIpc) is 3.61. The van der Waals surface area contributed by atoms with Gasteiger partial charge < -0.3 is 9.94 Å². The highest BCUT2D eigenvalue weighted by molar-refractivity contribution is 7.92. The predicted molar refractivity (Wildman–Crippen MR) is 155 cm³/mol. The summed E-state index contributed by atoms with van der Waals surface area (Å²) < 4.78 is 30.0. The molecular formula is C31H23N2O4S2-. The number of aromatic nitrogens is 1. The van der Waals surface area contributed by atoms with Crippen LogP contribution in [0.15, 0.2) is 123 Å². The molecule has 0 aliphatic rings. The van der Waals surface area contributed by atoms with Gasteiger partial charge in [-0.25, -0.2) is 0 Å². The molecule has 6 nitrogen and oxygen atoms in total. The Morgan fingerprint density at radius 2 is 1.44 bits per heavy atom. The first-order valence-electron chi connectivity index (χ1n) is 12.4. The molecular weight excluding hydrogens is 528 g/mol. The average molecular weight is 552 g/mol. The Hall–Kier alpha value is -4.40. The van der Waals surface area contributed by atoms with Gasteiger partial charge in [-0.15, -0.1) is 11.3 Å². The third-order valence-corrected chi connectivity index (χ3v) is 9.17. The molecule has 0 unspecified atom stereocenters. The molecule has 0 saturated carbocycles. The first-order valence-corrected chi connectivity index (χ1v) is 14.7. The Morgan fingerprint density at radius 3 is 2.10 bits per heavy atom. The van der Waals surface area contributed by atoms with Crippen molar-refractivity contribution in [3.8, 4) is 16.9 Å². The van der Waals surface area contributed by atoms with E-state index in [2.05, 4.69) is 16.5 Å². The van der Waals surface area contributed by atoms with Crippen molar-refractivity contribution in [1.29, 1.82) is 0 Å². The van der Waals surface area contributed by atoms with Crippen molar-refractivity contribution in [1.82, 2.24) is 4.73 Å². The van der Waals surface area contributed by atoms with E-state index in [1.54, 1.807) is 11.4 Å². The number of fused-ring (bicyclic) bond motifs is 3. The molecule has 8 heteroatoms. The summed E-state index contributed by atoms with van der Waals surface area (Å²) in [5.74, 6) is 0.0311. The Bertz CT molecular complexity index is 1850. The smallest absolute Gasteiger partial charge is 0.290 e. The number of nitrogens with zero attached hydrogens (tertiary/aromatic N) is 2. The normalized spacial score (nSPS) is 12.3. The highest BCUT2D eigenvalue weighted by Gasteiger charge is 2.14. The van der Waals surface area contributed by atoms with Crippen molar-refractivity contribution in [2.45, 2.75) is 17.1 Å². The van der Waals surface area contributed by atoms with Gasteiger partial charge >= 0.3 is 0 Å². The van der Waals surface area contributed by atoms with Gasteiger partial charge in [0.05, 0.1) is 11.0 Å². The molecule has 0 aliphatic carbocycles. The van der Waals surface area contributed by atoms with Crippen molar-refractivity contribution < 1.29 is 18.4 Å². The van der Waals surface area contributed by atoms with Crippen LogP contribution in [0.2, 0.25) is 0 Å². The second kappa shape index (κ2) is 10.4. The quantitative estimate of drug-likeness (QED) is 0.161. The number of hydrogen-bond acceptors (Lipinski definition) is 5. The van der Waals surface area contributed by atoms with Crippen molar-refractivity contribution in [2.75, 3.05) is 0 Å². The van der Waals surface area contributed by atoms with Gasteiger partial charge in [-0.3, -0.25) is 0 Å². The summed E-state index contributed by atoms with van der Waals surface area (Å²) in [7, 11) is -3.96. The van der Waals surface area contributed by atoms with Crippen LogP contribution in [0.4, 0.5) is 0 Å². The third-order valence-electron chi connectivity index (χ3n) is 6.49. The molecule has 0 amide bonds. The highest BCUT2D eigenvalue weighted by Crippen LogP contribution is 2.31. The lowest BCUT2D eigenvalue weighted by Gasteiger charge is -2.14. The molecule has 0 saturated heterocycles. The second-order valence-corrected chi connectivity index (χ2v) is 11.8. The summed E-state index contributed by atoms with van der Waals surface area (Å²) >= 11 is 1.04. The van der Waals surface area contributed by atoms with E-state index in [9.17, 15) is 13.5 Å². The highest BCUT2D eigenvalue weighted by atomic mass is 32.2. The molecule has 0 fully saturated rings. The minimum atomic E-state index is -3.96. The summed E-state index contributed by atoms with van der Waals surface area (Å²) in [5, 5.41) is 16.3. The lowest BCUT2D eigenvalue weighted by atomic mass is 9.96. The molecule has 39 heavy (non-hydrogen) atoms. The molecule has 2 heterocycles. The predicted octanol–water partition coefficient (Wildman–Crippen LogP) is 6.45. The van der Waals surface area contributed by atoms with Crippen LogP contribution in [0.5, 0.6) is 5.75 Å². The van der Waals surface area contributed by atoms with E-state index in [-0.39, 0.29) is 10.6 Å². The molecule has 0 aliphatic heterocycles. The Morgan fingerprint density at radius 1 is 0.795 bits per heavy atom. The molecule has 6 aromatic rings. The lowest BCUT2D eigenvalue weighted by molar-refractivity contribution is -0.218. The van der Waals surface area contributed by atoms with Crippen LogP contribution in [-0.4, -0.2) is 19.0 Å². The van der Waals surface area contributed by atoms with Crippen LogP contribution in [-0.2, 0) is 16.4 Å². The van der Waals surface area contributed by atoms with E-state index in [1.807, 2.05) is 89.7 Å². The number of sulfonamides is 1. The first-order chi connectivity index (χ1) is 19.0. The minimum absolute atomic E-state index is 0.00338. The fraction of sp³-hybridized carbons (Fsp3) is 0.0645. The van der Waals surface area contributed by atoms with Crippen LogP contribution < -0.4 is 9.94 Å². The number of thiophene rings is 1. The Balaban J connectivity index is 1.23. The molecule has 0 radical (unpaired) electrons. The van der Waals surface area contributed by atoms with Gasteiger partial charge in [0.1, 0.15) is 4.21 Å². The van der Waals surface area contributed by atoms with Gasteiger partial charge in [0, 0.05) is 10.8 Å². The standard InChI is InChI=1S/C31H24N2O4S2/c34-30(32-39(35,36)31-14-7-21-38-31)20-17-22-8-1-2-9-25(22)23-15-18-24(19-16-23)37-33-28-12-5-3-10-26(28)27-11-4-6-13-29(27)33/h1-16,18-19,21H,17,20H2,(H,32,34)/p-1. The zero-order valence-corrected chi connectivity index (χ0v) is 22.4. The second-order valence-electron chi connectivity index (χ2n) is 8.99. The fourth-order valence-corrected chi connectivity index (χ4v) is 6.60. The number of aryl methyl sites for hydroxylation is 1. The molecule has 194 valence electrons. The molecule has 0 bridgehead atoms. The summed E-state index contributed by atoms with van der Waals surface area (Å²) in [6.45, 7) is 0. The van der Waals surface area contributed by atoms with Crippen LogP contribution in [0, 0.1) is 0 Å². The molecule has 4 aromatic carbocycles.